The van der Waals surface area contributed by atoms with Crippen molar-refractivity contribution in [1.29, 1.82) is 0 Å². The van der Waals surface area contributed by atoms with Gasteiger partial charge in [-0.2, -0.15) is 0 Å². The molecule has 2 amide bonds. The van der Waals surface area contributed by atoms with Crippen molar-refractivity contribution in [2.45, 2.75) is 51.7 Å². The zero-order chi connectivity index (χ0) is 21.4. The van der Waals surface area contributed by atoms with Crippen LogP contribution in [0.15, 0.2) is 30.3 Å². The van der Waals surface area contributed by atoms with Crippen LogP contribution in [0.1, 0.15) is 39.2 Å². The molecule has 160 valence electrons. The van der Waals surface area contributed by atoms with Crippen LogP contribution in [0, 0.1) is 5.92 Å². The molecule has 2 rings (SSSR count). The van der Waals surface area contributed by atoms with Crippen LogP contribution in [-0.4, -0.2) is 59.5 Å². The summed E-state index contributed by atoms with van der Waals surface area (Å²) < 4.78 is 10.5. The van der Waals surface area contributed by atoms with E-state index in [4.69, 9.17) is 9.47 Å². The van der Waals surface area contributed by atoms with Gasteiger partial charge in [-0.15, -0.1) is 0 Å². The SMILES string of the molecule is CC(C)(C)OC(=O)NCC1CCN(C(=O)O[C@@H](Cc2ccccc2)C(=O)O)CC1. The number of likely N-dealkylation sites (tertiary alicyclic amines) is 1. The van der Waals surface area contributed by atoms with E-state index in [-0.39, 0.29) is 12.3 Å². The number of nitrogens with zero attached hydrogens (tertiary/aromatic N) is 1. The summed E-state index contributed by atoms with van der Waals surface area (Å²) in [7, 11) is 0. The molecule has 1 aromatic carbocycles. The quantitative estimate of drug-likeness (QED) is 0.752. The first-order valence-electron chi connectivity index (χ1n) is 9.83. The van der Waals surface area contributed by atoms with E-state index in [1.807, 2.05) is 18.2 Å². The minimum Gasteiger partial charge on any atom is -0.478 e. The van der Waals surface area contributed by atoms with E-state index in [1.165, 1.54) is 4.90 Å². The van der Waals surface area contributed by atoms with Gasteiger partial charge in [-0.3, -0.25) is 0 Å². The average Bonchev–Trinajstić information content (AvgIpc) is 2.65. The van der Waals surface area contributed by atoms with E-state index in [9.17, 15) is 19.5 Å². The topological polar surface area (TPSA) is 105 Å². The van der Waals surface area contributed by atoms with Crippen LogP contribution in [-0.2, 0) is 20.7 Å². The Balaban J connectivity index is 1.77. The van der Waals surface area contributed by atoms with Crippen LogP contribution < -0.4 is 5.32 Å². The van der Waals surface area contributed by atoms with Crippen molar-refractivity contribution in [2.24, 2.45) is 5.92 Å². The van der Waals surface area contributed by atoms with Crippen molar-refractivity contribution >= 4 is 18.2 Å². The molecule has 1 heterocycles. The Labute approximate surface area is 171 Å². The van der Waals surface area contributed by atoms with Gasteiger partial charge in [-0.05, 0) is 45.1 Å². The minimum atomic E-state index is -1.23. The number of benzene rings is 1. The highest BCUT2D eigenvalue weighted by Gasteiger charge is 2.29. The van der Waals surface area contributed by atoms with Crippen molar-refractivity contribution in [3.8, 4) is 0 Å². The fourth-order valence-electron chi connectivity index (χ4n) is 3.07. The molecule has 1 aliphatic rings. The van der Waals surface area contributed by atoms with Crippen molar-refractivity contribution in [3.63, 3.8) is 0 Å². The lowest BCUT2D eigenvalue weighted by Gasteiger charge is -2.32. The summed E-state index contributed by atoms with van der Waals surface area (Å²) in [6, 6.07) is 9.06. The Kier molecular flexibility index (Phi) is 7.87. The van der Waals surface area contributed by atoms with E-state index in [0.717, 1.165) is 5.56 Å². The molecule has 0 aliphatic carbocycles. The van der Waals surface area contributed by atoms with Gasteiger partial charge in [0, 0.05) is 26.1 Å². The first-order chi connectivity index (χ1) is 13.6. The van der Waals surface area contributed by atoms with Gasteiger partial charge in [0.25, 0.3) is 0 Å². The van der Waals surface area contributed by atoms with E-state index < -0.39 is 29.9 Å². The van der Waals surface area contributed by atoms with Crippen LogP contribution in [0.25, 0.3) is 0 Å². The number of carboxylic acids is 1. The summed E-state index contributed by atoms with van der Waals surface area (Å²) in [5, 5.41) is 12.1. The molecule has 0 unspecified atom stereocenters. The summed E-state index contributed by atoms with van der Waals surface area (Å²) >= 11 is 0. The standard InChI is InChI=1S/C21H30N2O6/c1-21(2,3)29-19(26)22-14-16-9-11-23(12-10-16)20(27)28-17(18(24)25)13-15-7-5-4-6-8-15/h4-8,16-17H,9-14H2,1-3H3,(H,22,26)(H,24,25)/t17-/m0/s1. The molecule has 8 heteroatoms. The number of carboxylic acid groups (broad SMARTS) is 1. The molecule has 1 saturated heterocycles. The molecule has 0 radical (unpaired) electrons. The van der Waals surface area contributed by atoms with Gasteiger partial charge in [0.05, 0.1) is 0 Å². The van der Waals surface area contributed by atoms with Gasteiger partial charge in [-0.1, -0.05) is 30.3 Å². The Morgan fingerprint density at radius 1 is 1.17 bits per heavy atom. The summed E-state index contributed by atoms with van der Waals surface area (Å²) in [5.74, 6) is -0.940. The smallest absolute Gasteiger partial charge is 0.410 e. The van der Waals surface area contributed by atoms with Gasteiger partial charge in [-0.25, -0.2) is 14.4 Å². The number of ether oxygens (including phenoxy) is 2. The highest BCUT2D eigenvalue weighted by Crippen LogP contribution is 2.18. The second kappa shape index (κ2) is 10.1. The number of carbonyl (C=O) groups excluding carboxylic acids is 2. The maximum absolute atomic E-state index is 12.4. The molecule has 1 atom stereocenters. The number of hydrogen-bond donors (Lipinski definition) is 2. The minimum absolute atomic E-state index is 0.123. The molecule has 1 aliphatic heterocycles. The van der Waals surface area contributed by atoms with Crippen molar-refractivity contribution in [3.05, 3.63) is 35.9 Å². The lowest BCUT2D eigenvalue weighted by Crippen LogP contribution is -2.44. The van der Waals surface area contributed by atoms with Gasteiger partial charge >= 0.3 is 18.2 Å². The predicted octanol–water partition coefficient (Wildman–Crippen LogP) is 3.06. The Morgan fingerprint density at radius 2 is 1.79 bits per heavy atom. The highest BCUT2D eigenvalue weighted by molar-refractivity contribution is 5.77. The number of rotatable bonds is 6. The molecule has 0 aromatic heterocycles. The Hall–Kier alpha value is -2.77. The molecule has 0 spiro atoms. The van der Waals surface area contributed by atoms with Gasteiger partial charge in [0.15, 0.2) is 0 Å². The number of carbonyl (C=O) groups is 3. The molecule has 29 heavy (non-hydrogen) atoms. The first kappa shape index (κ1) is 22.5. The van der Waals surface area contributed by atoms with Crippen LogP contribution in [0.3, 0.4) is 0 Å². The third kappa shape index (κ3) is 8.01. The summed E-state index contributed by atoms with van der Waals surface area (Å²) in [6.07, 6.45) is -0.784. The molecule has 0 saturated carbocycles. The maximum Gasteiger partial charge on any atom is 0.410 e. The average molecular weight is 406 g/mol. The predicted molar refractivity (Wildman–Crippen MR) is 107 cm³/mol. The largest absolute Gasteiger partial charge is 0.478 e. The van der Waals surface area contributed by atoms with E-state index in [2.05, 4.69) is 5.32 Å². The van der Waals surface area contributed by atoms with Crippen LogP contribution >= 0.6 is 0 Å². The third-order valence-corrected chi connectivity index (χ3v) is 4.59. The summed E-state index contributed by atoms with van der Waals surface area (Å²) in [5.41, 5.74) is 0.247. The highest BCUT2D eigenvalue weighted by atomic mass is 16.6. The van der Waals surface area contributed by atoms with Gasteiger partial charge in [0.1, 0.15) is 5.60 Å². The van der Waals surface area contributed by atoms with Gasteiger partial charge in [0.2, 0.25) is 6.10 Å². The fourth-order valence-corrected chi connectivity index (χ4v) is 3.07. The number of piperidine rings is 1. The number of hydrogen-bond acceptors (Lipinski definition) is 5. The molecule has 8 nitrogen and oxygen atoms in total. The molecular weight excluding hydrogens is 376 g/mol. The number of alkyl carbamates (subject to hydrolysis) is 1. The van der Waals surface area contributed by atoms with Crippen molar-refractivity contribution in [2.75, 3.05) is 19.6 Å². The zero-order valence-electron chi connectivity index (χ0n) is 17.2. The van der Waals surface area contributed by atoms with E-state index >= 15 is 0 Å². The summed E-state index contributed by atoms with van der Waals surface area (Å²) in [6.45, 7) is 6.80. The number of nitrogens with one attached hydrogen (secondary N) is 1. The zero-order valence-corrected chi connectivity index (χ0v) is 17.2. The van der Waals surface area contributed by atoms with Crippen LogP contribution in [0.5, 0.6) is 0 Å². The molecular formula is C21H30N2O6. The maximum atomic E-state index is 12.4. The molecule has 1 fully saturated rings. The Morgan fingerprint density at radius 3 is 2.34 bits per heavy atom. The third-order valence-electron chi connectivity index (χ3n) is 4.59. The fraction of sp³-hybridized carbons (Fsp3) is 0.571. The van der Waals surface area contributed by atoms with E-state index in [1.54, 1.807) is 32.9 Å². The molecule has 2 N–H and O–H groups in total. The van der Waals surface area contributed by atoms with Crippen molar-refractivity contribution < 1.29 is 29.0 Å². The lowest BCUT2D eigenvalue weighted by atomic mass is 9.97. The Bertz CT molecular complexity index is 693. The normalized spacial score (nSPS) is 16.0. The second-order valence-corrected chi connectivity index (χ2v) is 8.21. The van der Waals surface area contributed by atoms with Crippen molar-refractivity contribution in [1.82, 2.24) is 10.2 Å². The lowest BCUT2D eigenvalue weighted by molar-refractivity contribution is -0.147. The van der Waals surface area contributed by atoms with E-state index in [0.29, 0.717) is 32.5 Å². The van der Waals surface area contributed by atoms with Crippen LogP contribution in [0.4, 0.5) is 9.59 Å². The first-order valence-corrected chi connectivity index (χ1v) is 9.83. The number of amides is 2. The summed E-state index contributed by atoms with van der Waals surface area (Å²) in [4.78, 5) is 37.1. The second-order valence-electron chi connectivity index (χ2n) is 8.21. The van der Waals surface area contributed by atoms with Gasteiger partial charge < -0.3 is 24.8 Å². The van der Waals surface area contributed by atoms with Crippen LogP contribution in [0.2, 0.25) is 0 Å². The number of aliphatic carboxylic acids is 1. The molecule has 0 bridgehead atoms. The monoisotopic (exact) mass is 406 g/mol. The molecule has 1 aromatic rings.